The Balaban J connectivity index is 1.69. The molecule has 1 aliphatic rings. The number of hydrogen-bond donors (Lipinski definition) is 2. The van der Waals surface area contributed by atoms with Crippen LogP contribution in [0.3, 0.4) is 0 Å². The number of aliphatic hydroxyl groups is 1. The topological polar surface area (TPSA) is 78.5 Å². The number of ether oxygens (including phenoxy) is 1. The van der Waals surface area contributed by atoms with E-state index in [1.54, 1.807) is 25.3 Å². The lowest BCUT2D eigenvalue weighted by atomic mass is 10.0. The number of rotatable bonds is 4. The number of benzene rings is 2. The van der Waals surface area contributed by atoms with E-state index in [0.717, 1.165) is 11.3 Å². The molecule has 6 heteroatoms. The lowest BCUT2D eigenvalue weighted by Gasteiger charge is -2.19. The van der Waals surface area contributed by atoms with Gasteiger partial charge in [0.15, 0.2) is 0 Å². The van der Waals surface area contributed by atoms with Gasteiger partial charge in [-0.2, -0.15) is 0 Å². The Kier molecular flexibility index (Phi) is 3.89. The number of nitrogens with zero attached hydrogens (tertiary/aromatic N) is 2. The Hall–Kier alpha value is -2.86. The number of aromatic amines is 1. The van der Waals surface area contributed by atoms with Crippen molar-refractivity contribution in [1.29, 1.82) is 0 Å². The molecule has 2 aromatic carbocycles. The summed E-state index contributed by atoms with van der Waals surface area (Å²) in [5.41, 5.74) is 2.69. The molecule has 0 amide bonds. The minimum atomic E-state index is -0.176. The van der Waals surface area contributed by atoms with Crippen LogP contribution in [-0.2, 0) is 6.54 Å². The number of methoxy groups -OCH3 is 1. The van der Waals surface area contributed by atoms with E-state index in [0.29, 0.717) is 35.6 Å². The summed E-state index contributed by atoms with van der Waals surface area (Å²) >= 11 is 0. The number of fused-ring (bicyclic) bond motifs is 2. The first-order valence-corrected chi connectivity index (χ1v) is 8.21. The summed E-state index contributed by atoms with van der Waals surface area (Å²) in [6, 6.07) is 13.3. The normalized spacial score (nSPS) is 16.2. The molecule has 25 heavy (non-hydrogen) atoms. The van der Waals surface area contributed by atoms with Crippen molar-refractivity contribution in [2.45, 2.75) is 12.5 Å². The Morgan fingerprint density at radius 2 is 2.16 bits per heavy atom. The van der Waals surface area contributed by atoms with Gasteiger partial charge in [-0.05, 0) is 29.8 Å². The third-order valence-electron chi connectivity index (χ3n) is 4.68. The summed E-state index contributed by atoms with van der Waals surface area (Å²) in [4.78, 5) is 22.0. The van der Waals surface area contributed by atoms with Crippen LogP contribution in [0.4, 0.5) is 5.69 Å². The Labute approximate surface area is 144 Å². The van der Waals surface area contributed by atoms with Crippen LogP contribution in [0.5, 0.6) is 5.75 Å². The first-order valence-electron chi connectivity index (χ1n) is 8.21. The van der Waals surface area contributed by atoms with Crippen molar-refractivity contribution in [3.8, 4) is 5.75 Å². The van der Waals surface area contributed by atoms with Crippen LogP contribution in [0.2, 0.25) is 0 Å². The quantitative estimate of drug-likeness (QED) is 0.762. The maximum absolute atomic E-state index is 12.4. The molecular formula is C19H19N3O3. The van der Waals surface area contributed by atoms with Gasteiger partial charge in [-0.25, -0.2) is 4.98 Å². The van der Waals surface area contributed by atoms with Crippen molar-refractivity contribution in [2.24, 2.45) is 0 Å². The first kappa shape index (κ1) is 15.7. The fourth-order valence-corrected chi connectivity index (χ4v) is 3.44. The highest BCUT2D eigenvalue weighted by molar-refractivity contribution is 5.79. The van der Waals surface area contributed by atoms with Crippen LogP contribution in [0, 0.1) is 0 Å². The molecule has 128 valence electrons. The van der Waals surface area contributed by atoms with Crippen molar-refractivity contribution in [2.75, 3.05) is 25.2 Å². The summed E-state index contributed by atoms with van der Waals surface area (Å²) in [6.45, 7) is 1.31. The number of anilines is 1. The Bertz CT molecular complexity index is 983. The monoisotopic (exact) mass is 337 g/mol. The van der Waals surface area contributed by atoms with E-state index in [1.807, 2.05) is 24.3 Å². The lowest BCUT2D eigenvalue weighted by Crippen LogP contribution is -2.25. The van der Waals surface area contributed by atoms with Crippen LogP contribution >= 0.6 is 0 Å². The molecule has 0 saturated heterocycles. The molecular weight excluding hydrogens is 318 g/mol. The zero-order valence-corrected chi connectivity index (χ0v) is 13.9. The van der Waals surface area contributed by atoms with Gasteiger partial charge in [0.1, 0.15) is 11.6 Å². The predicted molar refractivity (Wildman–Crippen MR) is 96.2 cm³/mol. The molecule has 0 aliphatic carbocycles. The van der Waals surface area contributed by atoms with Gasteiger partial charge in [-0.15, -0.1) is 0 Å². The van der Waals surface area contributed by atoms with E-state index in [-0.39, 0.29) is 18.1 Å². The second-order valence-corrected chi connectivity index (χ2v) is 6.21. The van der Waals surface area contributed by atoms with Crippen molar-refractivity contribution in [3.63, 3.8) is 0 Å². The van der Waals surface area contributed by atoms with E-state index in [4.69, 9.17) is 4.74 Å². The van der Waals surface area contributed by atoms with Gasteiger partial charge in [0, 0.05) is 18.2 Å². The van der Waals surface area contributed by atoms with E-state index in [2.05, 4.69) is 14.9 Å². The fourth-order valence-electron chi connectivity index (χ4n) is 3.44. The molecule has 2 N–H and O–H groups in total. The summed E-state index contributed by atoms with van der Waals surface area (Å²) in [6.07, 6.45) is 0. The van der Waals surface area contributed by atoms with Gasteiger partial charge in [0.2, 0.25) is 0 Å². The number of aliphatic hydroxyl groups excluding tert-OH is 1. The highest BCUT2D eigenvalue weighted by Crippen LogP contribution is 2.36. The molecule has 1 atom stereocenters. The average molecular weight is 337 g/mol. The second-order valence-electron chi connectivity index (χ2n) is 6.21. The van der Waals surface area contributed by atoms with Crippen LogP contribution < -0.4 is 15.2 Å². The minimum Gasteiger partial charge on any atom is -0.497 e. The number of hydrogen-bond acceptors (Lipinski definition) is 5. The summed E-state index contributed by atoms with van der Waals surface area (Å²) in [5, 5.41) is 10.1. The Morgan fingerprint density at radius 1 is 1.32 bits per heavy atom. The molecule has 0 radical (unpaired) electrons. The largest absolute Gasteiger partial charge is 0.497 e. The van der Waals surface area contributed by atoms with Crippen molar-refractivity contribution < 1.29 is 9.84 Å². The molecule has 6 nitrogen and oxygen atoms in total. The van der Waals surface area contributed by atoms with E-state index >= 15 is 0 Å². The van der Waals surface area contributed by atoms with Gasteiger partial charge in [-0.1, -0.05) is 18.2 Å². The average Bonchev–Trinajstić information content (AvgIpc) is 2.99. The molecule has 1 aromatic heterocycles. The molecule has 1 aliphatic heterocycles. The van der Waals surface area contributed by atoms with Gasteiger partial charge in [0.05, 0.1) is 31.2 Å². The van der Waals surface area contributed by atoms with Crippen LogP contribution in [0.15, 0.2) is 47.3 Å². The van der Waals surface area contributed by atoms with Gasteiger partial charge < -0.3 is 19.7 Å². The standard InChI is InChI=1S/C19H19N3O3/c1-25-13-6-7-16-15(8-13)19(24)21-18(20-16)10-22-9-12(11-23)14-4-2-3-5-17(14)22/h2-8,12,23H,9-11H2,1H3,(H,20,21,24). The van der Waals surface area contributed by atoms with Crippen LogP contribution in [0.1, 0.15) is 17.3 Å². The molecule has 0 spiro atoms. The third kappa shape index (κ3) is 2.74. The number of para-hydroxylation sites is 1. The fraction of sp³-hybridized carbons (Fsp3) is 0.263. The number of nitrogens with one attached hydrogen (secondary N) is 1. The third-order valence-corrected chi connectivity index (χ3v) is 4.68. The van der Waals surface area contributed by atoms with Crippen molar-refractivity contribution in [3.05, 3.63) is 64.2 Å². The number of H-pyrrole nitrogens is 1. The molecule has 0 bridgehead atoms. The van der Waals surface area contributed by atoms with Crippen molar-refractivity contribution >= 4 is 16.6 Å². The SMILES string of the molecule is COc1ccc2nc(CN3CC(CO)c4ccccc43)[nH]c(=O)c2c1. The molecule has 1 unspecified atom stereocenters. The van der Waals surface area contributed by atoms with Gasteiger partial charge in [0.25, 0.3) is 5.56 Å². The highest BCUT2D eigenvalue weighted by atomic mass is 16.5. The Morgan fingerprint density at radius 3 is 2.96 bits per heavy atom. The highest BCUT2D eigenvalue weighted by Gasteiger charge is 2.28. The first-order chi connectivity index (χ1) is 12.2. The predicted octanol–water partition coefficient (Wildman–Crippen LogP) is 2.03. The van der Waals surface area contributed by atoms with Gasteiger partial charge in [-0.3, -0.25) is 4.79 Å². The second kappa shape index (κ2) is 6.22. The molecule has 3 aromatic rings. The molecule has 0 saturated carbocycles. The van der Waals surface area contributed by atoms with Crippen LogP contribution in [0.25, 0.3) is 10.9 Å². The van der Waals surface area contributed by atoms with E-state index in [9.17, 15) is 9.90 Å². The lowest BCUT2D eigenvalue weighted by molar-refractivity contribution is 0.270. The summed E-state index contributed by atoms with van der Waals surface area (Å²) in [5.74, 6) is 1.33. The zero-order valence-electron chi connectivity index (χ0n) is 13.9. The van der Waals surface area contributed by atoms with Gasteiger partial charge >= 0.3 is 0 Å². The zero-order chi connectivity index (χ0) is 17.4. The maximum atomic E-state index is 12.4. The summed E-state index contributed by atoms with van der Waals surface area (Å²) in [7, 11) is 1.57. The maximum Gasteiger partial charge on any atom is 0.258 e. The van der Waals surface area contributed by atoms with Crippen LogP contribution in [-0.4, -0.2) is 35.3 Å². The smallest absolute Gasteiger partial charge is 0.258 e. The molecule has 2 heterocycles. The minimum absolute atomic E-state index is 0.0904. The van der Waals surface area contributed by atoms with E-state index in [1.165, 1.54) is 0 Å². The summed E-state index contributed by atoms with van der Waals surface area (Å²) < 4.78 is 5.17. The molecule has 4 rings (SSSR count). The molecule has 0 fully saturated rings. The number of aromatic nitrogens is 2. The van der Waals surface area contributed by atoms with Crippen molar-refractivity contribution in [1.82, 2.24) is 9.97 Å². The van der Waals surface area contributed by atoms with E-state index < -0.39 is 0 Å².